The molecule has 4 fully saturated rings. The van der Waals surface area contributed by atoms with Crippen molar-refractivity contribution in [3.8, 4) is 0 Å². The lowest BCUT2D eigenvalue weighted by atomic mass is 9.45. The van der Waals surface area contributed by atoms with E-state index in [0.29, 0.717) is 42.2 Å². The molecule has 4 aliphatic rings. The Hall–Kier alpha value is -1.19. The standard InChI is InChI=1S/C21H30O4/c1-12(22)25-14-8-9-20(2)13(10-14)4-5-15-16-6-7-18(24)21(16,3)11-17(23)19(15)20/h13-16,19H,4-11H2,1-3H3/t13?,14-,15?,16?,19?,20?,21?/m1/s1. The highest BCUT2D eigenvalue weighted by Crippen LogP contribution is 2.64. The van der Waals surface area contributed by atoms with E-state index in [1.54, 1.807) is 0 Å². The second-order valence-corrected chi connectivity index (χ2v) is 9.56. The first kappa shape index (κ1) is 17.2. The molecular weight excluding hydrogens is 316 g/mol. The molecule has 4 nitrogen and oxygen atoms in total. The molecule has 0 saturated heterocycles. The normalized spacial score (nSPS) is 49.2. The van der Waals surface area contributed by atoms with E-state index in [0.717, 1.165) is 38.5 Å². The lowest BCUT2D eigenvalue weighted by Crippen LogP contribution is -2.57. The number of ketones is 2. The van der Waals surface area contributed by atoms with Crippen LogP contribution in [0.3, 0.4) is 0 Å². The fraction of sp³-hybridized carbons (Fsp3) is 0.857. The predicted molar refractivity (Wildman–Crippen MR) is 92.7 cm³/mol. The minimum atomic E-state index is -0.392. The van der Waals surface area contributed by atoms with Gasteiger partial charge in [-0.05, 0) is 61.7 Å². The van der Waals surface area contributed by atoms with Crippen LogP contribution < -0.4 is 0 Å². The van der Waals surface area contributed by atoms with Gasteiger partial charge in [-0.3, -0.25) is 14.4 Å². The lowest BCUT2D eigenvalue weighted by Gasteiger charge is -2.59. The van der Waals surface area contributed by atoms with Crippen molar-refractivity contribution in [1.29, 1.82) is 0 Å². The van der Waals surface area contributed by atoms with Gasteiger partial charge in [0.2, 0.25) is 0 Å². The summed E-state index contributed by atoms with van der Waals surface area (Å²) in [5.74, 6) is 1.78. The molecule has 138 valence electrons. The second-order valence-electron chi connectivity index (χ2n) is 9.56. The largest absolute Gasteiger partial charge is 0.463 e. The van der Waals surface area contributed by atoms with Crippen molar-refractivity contribution < 1.29 is 19.1 Å². The Morgan fingerprint density at radius 1 is 1.12 bits per heavy atom. The molecule has 0 aromatic carbocycles. The molecule has 7 atom stereocenters. The highest BCUT2D eigenvalue weighted by Gasteiger charge is 2.63. The Morgan fingerprint density at radius 2 is 1.88 bits per heavy atom. The van der Waals surface area contributed by atoms with Crippen LogP contribution in [0.15, 0.2) is 0 Å². The van der Waals surface area contributed by atoms with Gasteiger partial charge in [0.1, 0.15) is 17.7 Å². The maximum atomic E-state index is 13.2. The molecule has 0 amide bonds. The van der Waals surface area contributed by atoms with E-state index < -0.39 is 5.41 Å². The van der Waals surface area contributed by atoms with E-state index in [-0.39, 0.29) is 23.4 Å². The summed E-state index contributed by atoms with van der Waals surface area (Å²) in [6, 6.07) is 0. The highest BCUT2D eigenvalue weighted by molar-refractivity contribution is 5.95. The summed E-state index contributed by atoms with van der Waals surface area (Å²) in [6.07, 6.45) is 6.97. The predicted octanol–water partition coefficient (Wildman–Crippen LogP) is 3.71. The number of carbonyl (C=O) groups excluding carboxylic acids is 3. The Labute approximate surface area is 150 Å². The van der Waals surface area contributed by atoms with E-state index in [9.17, 15) is 14.4 Å². The SMILES string of the molecule is CC(=O)O[C@@H]1CCC2(C)C(CCC3C4CCC(=O)C4(C)CC(=O)C32)C1. The van der Waals surface area contributed by atoms with Crippen molar-refractivity contribution in [2.75, 3.05) is 0 Å². The van der Waals surface area contributed by atoms with Crippen LogP contribution in [0.25, 0.3) is 0 Å². The molecule has 4 heteroatoms. The molecule has 4 saturated carbocycles. The quantitative estimate of drug-likeness (QED) is 0.679. The van der Waals surface area contributed by atoms with Gasteiger partial charge in [-0.2, -0.15) is 0 Å². The van der Waals surface area contributed by atoms with E-state index in [1.165, 1.54) is 6.92 Å². The molecule has 0 aliphatic heterocycles. The van der Waals surface area contributed by atoms with E-state index >= 15 is 0 Å². The summed E-state index contributed by atoms with van der Waals surface area (Å²) in [6.45, 7) is 5.83. The number of fused-ring (bicyclic) bond motifs is 5. The number of hydrogen-bond donors (Lipinski definition) is 0. The Balaban J connectivity index is 1.60. The number of rotatable bonds is 1. The van der Waals surface area contributed by atoms with Crippen LogP contribution in [-0.4, -0.2) is 23.6 Å². The third-order valence-electron chi connectivity index (χ3n) is 8.35. The van der Waals surface area contributed by atoms with Crippen molar-refractivity contribution in [2.45, 2.75) is 78.2 Å². The molecule has 0 radical (unpaired) electrons. The molecule has 6 unspecified atom stereocenters. The molecule has 4 aliphatic carbocycles. The molecular formula is C21H30O4. The number of esters is 1. The van der Waals surface area contributed by atoms with E-state index in [2.05, 4.69) is 6.92 Å². The average molecular weight is 346 g/mol. The monoisotopic (exact) mass is 346 g/mol. The van der Waals surface area contributed by atoms with Crippen molar-refractivity contribution in [3.05, 3.63) is 0 Å². The summed E-state index contributed by atoms with van der Waals surface area (Å²) in [7, 11) is 0. The van der Waals surface area contributed by atoms with Gasteiger partial charge in [0.05, 0.1) is 0 Å². The minimum Gasteiger partial charge on any atom is -0.463 e. The van der Waals surface area contributed by atoms with Crippen molar-refractivity contribution in [2.24, 2.45) is 34.5 Å². The van der Waals surface area contributed by atoms with Crippen LogP contribution in [0.5, 0.6) is 0 Å². The van der Waals surface area contributed by atoms with E-state index in [1.807, 2.05) is 6.92 Å². The third kappa shape index (κ3) is 2.43. The molecule has 4 rings (SSSR count). The molecule has 0 aromatic rings. The zero-order valence-corrected chi connectivity index (χ0v) is 15.7. The van der Waals surface area contributed by atoms with Gasteiger partial charge in [0.25, 0.3) is 0 Å². The fourth-order valence-corrected chi connectivity index (χ4v) is 7.15. The Kier molecular flexibility index (Phi) is 3.90. The smallest absolute Gasteiger partial charge is 0.302 e. The number of ether oxygens (including phenoxy) is 1. The lowest BCUT2D eigenvalue weighted by molar-refractivity contribution is -0.168. The van der Waals surface area contributed by atoms with Gasteiger partial charge in [-0.1, -0.05) is 13.8 Å². The molecule has 25 heavy (non-hydrogen) atoms. The summed E-state index contributed by atoms with van der Waals surface area (Å²) in [5.41, 5.74) is -0.375. The third-order valence-corrected chi connectivity index (χ3v) is 8.35. The highest BCUT2D eigenvalue weighted by atomic mass is 16.5. The molecule has 0 bridgehead atoms. The first-order valence-corrected chi connectivity index (χ1v) is 9.99. The van der Waals surface area contributed by atoms with E-state index in [4.69, 9.17) is 4.74 Å². The van der Waals surface area contributed by atoms with Gasteiger partial charge in [-0.15, -0.1) is 0 Å². The van der Waals surface area contributed by atoms with Crippen molar-refractivity contribution in [1.82, 2.24) is 0 Å². The Bertz CT molecular complexity index is 625. The van der Waals surface area contributed by atoms with Crippen LogP contribution in [0, 0.1) is 34.5 Å². The number of hydrogen-bond acceptors (Lipinski definition) is 4. The fourth-order valence-electron chi connectivity index (χ4n) is 7.15. The molecule has 0 aromatic heterocycles. The maximum absolute atomic E-state index is 13.2. The van der Waals surface area contributed by atoms with Gasteiger partial charge < -0.3 is 4.74 Å². The van der Waals surface area contributed by atoms with Crippen LogP contribution in [0.2, 0.25) is 0 Å². The number of Topliss-reactive ketones (excluding diaryl/α,β-unsaturated/α-hetero) is 2. The van der Waals surface area contributed by atoms with Crippen LogP contribution in [0.1, 0.15) is 72.1 Å². The van der Waals surface area contributed by atoms with Gasteiger partial charge in [0.15, 0.2) is 0 Å². The number of carbonyl (C=O) groups is 3. The summed E-state index contributed by atoms with van der Waals surface area (Å²) in [5, 5.41) is 0. The molecule has 0 heterocycles. The summed E-state index contributed by atoms with van der Waals surface area (Å²) < 4.78 is 5.48. The summed E-state index contributed by atoms with van der Waals surface area (Å²) in [4.78, 5) is 37.0. The van der Waals surface area contributed by atoms with Crippen LogP contribution in [-0.2, 0) is 19.1 Å². The zero-order valence-electron chi connectivity index (χ0n) is 15.7. The maximum Gasteiger partial charge on any atom is 0.302 e. The average Bonchev–Trinajstić information content (AvgIpc) is 2.82. The van der Waals surface area contributed by atoms with Crippen LogP contribution in [0.4, 0.5) is 0 Å². The van der Waals surface area contributed by atoms with Gasteiger partial charge in [0, 0.05) is 31.1 Å². The first-order valence-electron chi connectivity index (χ1n) is 9.99. The second kappa shape index (κ2) is 5.65. The van der Waals surface area contributed by atoms with Crippen molar-refractivity contribution >= 4 is 17.5 Å². The van der Waals surface area contributed by atoms with Gasteiger partial charge >= 0.3 is 5.97 Å². The first-order chi connectivity index (χ1) is 11.8. The van der Waals surface area contributed by atoms with Gasteiger partial charge in [-0.25, -0.2) is 0 Å². The summed E-state index contributed by atoms with van der Waals surface area (Å²) >= 11 is 0. The zero-order chi connectivity index (χ0) is 18.0. The van der Waals surface area contributed by atoms with Crippen LogP contribution >= 0.6 is 0 Å². The Morgan fingerprint density at radius 3 is 2.60 bits per heavy atom. The minimum absolute atomic E-state index is 0.0175. The molecule has 0 N–H and O–H groups in total. The molecule has 0 spiro atoms. The van der Waals surface area contributed by atoms with Crippen molar-refractivity contribution in [3.63, 3.8) is 0 Å². The topological polar surface area (TPSA) is 60.4 Å².